The maximum absolute atomic E-state index is 15.0. The Balaban J connectivity index is 1.89. The van der Waals surface area contributed by atoms with Crippen molar-refractivity contribution in [2.75, 3.05) is 30.4 Å². The average molecular weight is 436 g/mol. The van der Waals surface area contributed by atoms with E-state index in [2.05, 4.69) is 13.2 Å². The van der Waals surface area contributed by atoms with E-state index >= 15 is 0 Å². The van der Waals surface area contributed by atoms with Crippen LogP contribution < -0.4 is 27.7 Å². The molecule has 1 atom stereocenters. The summed E-state index contributed by atoms with van der Waals surface area (Å²) in [4.78, 5) is 27.5. The molecular formula is C24H26FN5O2. The van der Waals surface area contributed by atoms with Crippen LogP contribution in [0.15, 0.2) is 53.1 Å². The van der Waals surface area contributed by atoms with Crippen molar-refractivity contribution in [1.29, 1.82) is 0 Å². The lowest BCUT2D eigenvalue weighted by Crippen LogP contribution is -2.44. The molecule has 7 nitrogen and oxygen atoms in total. The van der Waals surface area contributed by atoms with Gasteiger partial charge in [-0.05, 0) is 53.8 Å². The molecule has 8 heteroatoms. The minimum Gasteiger partial charge on any atom is -0.369 e. The van der Waals surface area contributed by atoms with Gasteiger partial charge in [-0.2, -0.15) is 4.68 Å². The van der Waals surface area contributed by atoms with Gasteiger partial charge in [0, 0.05) is 13.1 Å². The number of anilines is 1. The lowest BCUT2D eigenvalue weighted by atomic mass is 10.0. The van der Waals surface area contributed by atoms with E-state index in [4.69, 9.17) is 11.6 Å². The number of rotatable bonds is 6. The highest BCUT2D eigenvalue weighted by atomic mass is 19.1. The first-order valence-corrected chi connectivity index (χ1v) is 10.4. The van der Waals surface area contributed by atoms with Gasteiger partial charge in [-0.15, -0.1) is 0 Å². The van der Waals surface area contributed by atoms with Crippen molar-refractivity contribution in [3.8, 4) is 0 Å². The molecule has 0 spiro atoms. The first kappa shape index (κ1) is 21.6. The fraction of sp³-hybridized carbons (Fsp3) is 0.250. The Morgan fingerprint density at radius 1 is 1.12 bits per heavy atom. The van der Waals surface area contributed by atoms with Crippen LogP contribution in [0.1, 0.15) is 23.1 Å². The molecule has 1 saturated heterocycles. The van der Waals surface area contributed by atoms with Crippen molar-refractivity contribution >= 4 is 28.7 Å². The Morgan fingerprint density at radius 3 is 2.53 bits per heavy atom. The molecular weight excluding hydrogens is 409 g/mol. The number of fused-ring (bicyclic) bond motifs is 1. The van der Waals surface area contributed by atoms with Crippen molar-refractivity contribution in [2.45, 2.75) is 13.0 Å². The zero-order valence-electron chi connectivity index (χ0n) is 17.8. The number of aromatic nitrogens is 2. The summed E-state index contributed by atoms with van der Waals surface area (Å²) in [5, 5.41) is 0.0505. The van der Waals surface area contributed by atoms with E-state index in [-0.39, 0.29) is 17.8 Å². The van der Waals surface area contributed by atoms with E-state index in [0.717, 1.165) is 29.2 Å². The van der Waals surface area contributed by atoms with Crippen LogP contribution in [0.2, 0.25) is 0 Å². The zero-order valence-corrected chi connectivity index (χ0v) is 17.8. The highest BCUT2D eigenvalue weighted by Gasteiger charge is 2.25. The summed E-state index contributed by atoms with van der Waals surface area (Å²) >= 11 is 0. The van der Waals surface area contributed by atoms with Crippen LogP contribution in [-0.4, -0.2) is 28.9 Å². The quantitative estimate of drug-likeness (QED) is 0.578. The highest BCUT2D eigenvalue weighted by molar-refractivity contribution is 5.82. The van der Waals surface area contributed by atoms with Gasteiger partial charge in [0.25, 0.3) is 5.56 Å². The third-order valence-corrected chi connectivity index (χ3v) is 6.13. The molecule has 0 bridgehead atoms. The molecule has 0 radical (unpaired) electrons. The van der Waals surface area contributed by atoms with Crippen molar-refractivity contribution in [3.05, 3.63) is 86.8 Å². The van der Waals surface area contributed by atoms with E-state index in [1.54, 1.807) is 18.2 Å². The topological polar surface area (TPSA) is 99.3 Å². The SMILES string of the molecule is C=Cc1ccc(Cn2c(=O)n(N)c(=O)c3cc(F)c(N4CCC(CN)C4)cc32)cc1C=C. The second-order valence-electron chi connectivity index (χ2n) is 8.07. The third-order valence-electron chi connectivity index (χ3n) is 6.13. The molecule has 4 rings (SSSR count). The molecule has 3 aromatic rings. The Hall–Kier alpha value is -3.65. The monoisotopic (exact) mass is 435 g/mol. The van der Waals surface area contributed by atoms with Gasteiger partial charge in [-0.3, -0.25) is 9.36 Å². The lowest BCUT2D eigenvalue weighted by Gasteiger charge is -2.21. The summed E-state index contributed by atoms with van der Waals surface area (Å²) in [7, 11) is 0. The Bertz CT molecular complexity index is 1340. The number of nitrogens with two attached hydrogens (primary N) is 2. The van der Waals surface area contributed by atoms with Gasteiger partial charge >= 0.3 is 5.69 Å². The Kier molecular flexibility index (Phi) is 5.71. The number of hydrogen-bond acceptors (Lipinski definition) is 5. The van der Waals surface area contributed by atoms with Gasteiger partial charge in [0.1, 0.15) is 5.82 Å². The molecule has 1 aliphatic rings. The summed E-state index contributed by atoms with van der Waals surface area (Å²) < 4.78 is 16.9. The smallest absolute Gasteiger partial charge is 0.350 e. The Labute approximate surface area is 184 Å². The van der Waals surface area contributed by atoms with Crippen LogP contribution in [-0.2, 0) is 6.54 Å². The maximum Gasteiger partial charge on any atom is 0.350 e. The van der Waals surface area contributed by atoms with Crippen LogP contribution in [0.4, 0.5) is 10.1 Å². The summed E-state index contributed by atoms with van der Waals surface area (Å²) in [5.41, 5.74) is 7.65. The molecule has 2 aromatic carbocycles. The molecule has 2 heterocycles. The molecule has 1 unspecified atom stereocenters. The summed E-state index contributed by atoms with van der Waals surface area (Å²) in [6.45, 7) is 9.58. The first-order valence-electron chi connectivity index (χ1n) is 10.4. The molecule has 1 aliphatic heterocycles. The van der Waals surface area contributed by atoms with Crippen LogP contribution in [0, 0.1) is 11.7 Å². The fourth-order valence-electron chi connectivity index (χ4n) is 4.30. The van der Waals surface area contributed by atoms with Gasteiger partial charge < -0.3 is 16.5 Å². The lowest BCUT2D eigenvalue weighted by molar-refractivity contribution is 0.597. The average Bonchev–Trinajstić information content (AvgIpc) is 3.29. The van der Waals surface area contributed by atoms with E-state index in [0.29, 0.717) is 35.5 Å². The van der Waals surface area contributed by atoms with Crippen molar-refractivity contribution in [1.82, 2.24) is 9.24 Å². The normalized spacial score (nSPS) is 15.9. The number of nitrogens with zero attached hydrogens (tertiary/aromatic N) is 3. The van der Waals surface area contributed by atoms with Crippen LogP contribution in [0.3, 0.4) is 0 Å². The molecule has 4 N–H and O–H groups in total. The van der Waals surface area contributed by atoms with E-state index in [1.807, 2.05) is 23.1 Å². The molecule has 0 saturated carbocycles. The number of halogens is 1. The maximum atomic E-state index is 15.0. The standard InChI is InChI=1S/C24H26FN5O2/c1-3-17-6-5-15(9-18(17)4-2)14-29-21-11-22(28-8-7-16(12-26)13-28)20(25)10-19(21)23(31)30(27)24(29)32/h3-6,9-11,16H,1-2,7-8,12-14,26-27H2. The minimum absolute atomic E-state index is 0.0505. The number of hydrogen-bond donors (Lipinski definition) is 2. The largest absolute Gasteiger partial charge is 0.369 e. The minimum atomic E-state index is -0.734. The van der Waals surface area contributed by atoms with Gasteiger partial charge in [-0.1, -0.05) is 37.4 Å². The summed E-state index contributed by atoms with van der Waals surface area (Å²) in [5.74, 6) is 5.50. The Morgan fingerprint density at radius 2 is 1.88 bits per heavy atom. The molecule has 0 aliphatic carbocycles. The molecule has 0 amide bonds. The highest BCUT2D eigenvalue weighted by Crippen LogP contribution is 2.29. The first-order chi connectivity index (χ1) is 15.4. The zero-order chi connectivity index (χ0) is 23.0. The number of benzene rings is 2. The van der Waals surface area contributed by atoms with Gasteiger partial charge in [0.2, 0.25) is 0 Å². The van der Waals surface area contributed by atoms with Gasteiger partial charge in [0.05, 0.1) is 23.1 Å². The second-order valence-corrected chi connectivity index (χ2v) is 8.07. The fourth-order valence-corrected chi connectivity index (χ4v) is 4.30. The summed E-state index contributed by atoms with van der Waals surface area (Å²) in [6.07, 6.45) is 4.30. The molecule has 166 valence electrons. The van der Waals surface area contributed by atoms with Crippen molar-refractivity contribution < 1.29 is 4.39 Å². The predicted octanol–water partition coefficient (Wildman–Crippen LogP) is 2.14. The predicted molar refractivity (Wildman–Crippen MR) is 128 cm³/mol. The molecule has 1 aromatic heterocycles. The van der Waals surface area contributed by atoms with Gasteiger partial charge in [0.15, 0.2) is 0 Å². The second kappa shape index (κ2) is 8.47. The number of nitrogen functional groups attached to an aromatic ring is 1. The van der Waals surface area contributed by atoms with Gasteiger partial charge in [-0.25, -0.2) is 9.18 Å². The van der Waals surface area contributed by atoms with E-state index in [9.17, 15) is 14.0 Å². The van der Waals surface area contributed by atoms with Crippen LogP contribution in [0.25, 0.3) is 23.1 Å². The van der Waals surface area contributed by atoms with Crippen LogP contribution in [0.5, 0.6) is 0 Å². The van der Waals surface area contributed by atoms with E-state index < -0.39 is 17.1 Å². The van der Waals surface area contributed by atoms with Crippen molar-refractivity contribution in [2.24, 2.45) is 11.7 Å². The summed E-state index contributed by atoms with van der Waals surface area (Å²) in [6, 6.07) is 8.38. The third kappa shape index (κ3) is 3.62. The van der Waals surface area contributed by atoms with Crippen LogP contribution >= 0.6 is 0 Å². The van der Waals surface area contributed by atoms with Crippen molar-refractivity contribution in [3.63, 3.8) is 0 Å². The molecule has 1 fully saturated rings. The molecule has 32 heavy (non-hydrogen) atoms. The van der Waals surface area contributed by atoms with E-state index in [1.165, 1.54) is 4.57 Å².